The van der Waals surface area contributed by atoms with Gasteiger partial charge in [0.15, 0.2) is 5.69 Å². The first-order chi connectivity index (χ1) is 9.43. The van der Waals surface area contributed by atoms with Gasteiger partial charge in [0.2, 0.25) is 0 Å². The van der Waals surface area contributed by atoms with Crippen LogP contribution in [0.15, 0.2) is 10.6 Å². The summed E-state index contributed by atoms with van der Waals surface area (Å²) in [5.41, 5.74) is -0.489. The number of likely N-dealkylation sites (N-methyl/N-ethyl adjacent to an activating group) is 1. The number of hydrogen-bond donors (Lipinski definition) is 1. The summed E-state index contributed by atoms with van der Waals surface area (Å²) >= 11 is 0. The van der Waals surface area contributed by atoms with Crippen LogP contribution in [0.4, 0.5) is 0 Å². The molecule has 0 saturated carbocycles. The van der Waals surface area contributed by atoms with E-state index in [4.69, 9.17) is 4.52 Å². The van der Waals surface area contributed by atoms with Gasteiger partial charge in [-0.2, -0.15) is 0 Å². The summed E-state index contributed by atoms with van der Waals surface area (Å²) in [6.07, 6.45) is 2.33. The minimum atomic E-state index is -0.824. The fraction of sp³-hybridized carbons (Fsp3) is 0.714. The zero-order chi connectivity index (χ0) is 14.8. The van der Waals surface area contributed by atoms with Gasteiger partial charge in [-0.25, -0.2) is 0 Å². The molecule has 0 aliphatic carbocycles. The van der Waals surface area contributed by atoms with Crippen molar-refractivity contribution in [2.24, 2.45) is 0 Å². The highest BCUT2D eigenvalue weighted by Crippen LogP contribution is 2.23. The van der Waals surface area contributed by atoms with Crippen molar-refractivity contribution in [3.63, 3.8) is 0 Å². The molecule has 6 nitrogen and oxygen atoms in total. The monoisotopic (exact) mass is 281 g/mol. The summed E-state index contributed by atoms with van der Waals surface area (Å²) in [4.78, 5) is 15.9. The maximum absolute atomic E-state index is 12.3. The van der Waals surface area contributed by atoms with Crippen molar-refractivity contribution in [2.75, 3.05) is 33.7 Å². The molecular formula is C14H23N3O3. The Morgan fingerprint density at radius 2 is 2.35 bits per heavy atom. The second-order valence-corrected chi connectivity index (χ2v) is 5.87. The number of hydrogen-bond acceptors (Lipinski definition) is 5. The van der Waals surface area contributed by atoms with Crippen molar-refractivity contribution in [3.8, 4) is 0 Å². The molecule has 1 aromatic rings. The third kappa shape index (κ3) is 3.37. The Kier molecular flexibility index (Phi) is 4.45. The lowest BCUT2D eigenvalue weighted by Crippen LogP contribution is -2.43. The van der Waals surface area contributed by atoms with Gasteiger partial charge in [0, 0.05) is 25.6 Å². The molecule has 1 aliphatic heterocycles. The minimum Gasteiger partial charge on any atom is -0.387 e. The summed E-state index contributed by atoms with van der Waals surface area (Å²) in [6.45, 7) is 3.50. The van der Waals surface area contributed by atoms with E-state index in [0.29, 0.717) is 31.7 Å². The molecule has 1 aromatic heterocycles. The number of aryl methyl sites for hydroxylation is 1. The molecule has 0 bridgehead atoms. The third-order valence-electron chi connectivity index (χ3n) is 3.50. The number of carbonyl (C=O) groups excluding carboxylic acids is 1. The standard InChI is InChI=1S/C14H23N3O3/c1-4-5-11-8-12(15-20-11)13(18)17-7-6-14(19,10-17)9-16(2)3/h8,19H,4-7,9-10H2,1-3H3/t14-/m0/s1. The summed E-state index contributed by atoms with van der Waals surface area (Å²) in [5.74, 6) is 0.574. The van der Waals surface area contributed by atoms with E-state index in [2.05, 4.69) is 5.16 Å². The molecule has 2 heterocycles. The van der Waals surface area contributed by atoms with Crippen molar-refractivity contribution in [1.29, 1.82) is 0 Å². The number of rotatable bonds is 5. The average molecular weight is 281 g/mol. The highest BCUT2D eigenvalue weighted by Gasteiger charge is 2.39. The topological polar surface area (TPSA) is 69.8 Å². The Morgan fingerprint density at radius 1 is 1.60 bits per heavy atom. The van der Waals surface area contributed by atoms with E-state index in [1.54, 1.807) is 11.0 Å². The maximum Gasteiger partial charge on any atom is 0.276 e. The number of amides is 1. The van der Waals surface area contributed by atoms with E-state index in [1.807, 2.05) is 25.9 Å². The molecule has 0 spiro atoms. The highest BCUT2D eigenvalue weighted by atomic mass is 16.5. The molecule has 1 saturated heterocycles. The number of carbonyl (C=O) groups is 1. The fourth-order valence-electron chi connectivity index (χ4n) is 2.69. The molecule has 20 heavy (non-hydrogen) atoms. The van der Waals surface area contributed by atoms with Gasteiger partial charge in [0.05, 0.1) is 12.1 Å². The van der Waals surface area contributed by atoms with Gasteiger partial charge in [-0.3, -0.25) is 4.79 Å². The lowest BCUT2D eigenvalue weighted by atomic mass is 10.0. The van der Waals surface area contributed by atoms with Crippen molar-refractivity contribution < 1.29 is 14.4 Å². The van der Waals surface area contributed by atoms with Crippen LogP contribution in [-0.4, -0.2) is 65.3 Å². The molecule has 1 fully saturated rings. The summed E-state index contributed by atoms with van der Waals surface area (Å²) in [5, 5.41) is 14.3. The Hall–Kier alpha value is -1.40. The Bertz CT molecular complexity index is 472. The van der Waals surface area contributed by atoms with E-state index in [-0.39, 0.29) is 5.91 Å². The predicted molar refractivity (Wildman–Crippen MR) is 74.5 cm³/mol. The lowest BCUT2D eigenvalue weighted by Gasteiger charge is -2.26. The van der Waals surface area contributed by atoms with E-state index >= 15 is 0 Å². The molecule has 2 rings (SSSR count). The van der Waals surface area contributed by atoms with Gasteiger partial charge >= 0.3 is 0 Å². The maximum atomic E-state index is 12.3. The zero-order valence-corrected chi connectivity index (χ0v) is 12.4. The first-order valence-corrected chi connectivity index (χ1v) is 7.05. The Morgan fingerprint density at radius 3 is 3.00 bits per heavy atom. The number of aliphatic hydroxyl groups is 1. The van der Waals surface area contributed by atoms with Gasteiger partial charge in [-0.05, 0) is 26.9 Å². The van der Waals surface area contributed by atoms with Crippen LogP contribution >= 0.6 is 0 Å². The third-order valence-corrected chi connectivity index (χ3v) is 3.50. The van der Waals surface area contributed by atoms with Crippen LogP contribution in [0.25, 0.3) is 0 Å². The zero-order valence-electron chi connectivity index (χ0n) is 12.4. The van der Waals surface area contributed by atoms with E-state index in [0.717, 1.165) is 18.6 Å². The van der Waals surface area contributed by atoms with Crippen LogP contribution in [-0.2, 0) is 6.42 Å². The minimum absolute atomic E-state index is 0.161. The molecular weight excluding hydrogens is 258 g/mol. The molecule has 112 valence electrons. The number of likely N-dealkylation sites (tertiary alicyclic amines) is 1. The second kappa shape index (κ2) is 5.93. The Labute approximate surface area is 119 Å². The van der Waals surface area contributed by atoms with Crippen LogP contribution in [0, 0.1) is 0 Å². The fourth-order valence-corrected chi connectivity index (χ4v) is 2.69. The van der Waals surface area contributed by atoms with Crippen LogP contribution in [0.1, 0.15) is 36.0 Å². The molecule has 1 aliphatic rings. The summed E-state index contributed by atoms with van der Waals surface area (Å²) in [6, 6.07) is 1.70. The van der Waals surface area contributed by atoms with Crippen LogP contribution in [0.3, 0.4) is 0 Å². The van der Waals surface area contributed by atoms with Gasteiger partial charge in [-0.1, -0.05) is 12.1 Å². The van der Waals surface area contributed by atoms with E-state index < -0.39 is 5.60 Å². The lowest BCUT2D eigenvalue weighted by molar-refractivity contribution is 0.0234. The molecule has 1 amide bonds. The van der Waals surface area contributed by atoms with Crippen molar-refractivity contribution in [1.82, 2.24) is 15.0 Å². The van der Waals surface area contributed by atoms with Gasteiger partial charge < -0.3 is 19.4 Å². The summed E-state index contributed by atoms with van der Waals surface area (Å²) < 4.78 is 5.13. The second-order valence-electron chi connectivity index (χ2n) is 5.87. The SMILES string of the molecule is CCCc1cc(C(=O)N2CC[C@](O)(CN(C)C)C2)no1. The largest absolute Gasteiger partial charge is 0.387 e. The number of aromatic nitrogens is 1. The van der Waals surface area contributed by atoms with Gasteiger partial charge in [0.25, 0.3) is 5.91 Å². The van der Waals surface area contributed by atoms with E-state index in [9.17, 15) is 9.90 Å². The van der Waals surface area contributed by atoms with Crippen LogP contribution in [0.2, 0.25) is 0 Å². The molecule has 0 unspecified atom stereocenters. The Balaban J connectivity index is 2.00. The summed E-state index contributed by atoms with van der Waals surface area (Å²) in [7, 11) is 3.83. The van der Waals surface area contributed by atoms with Crippen molar-refractivity contribution in [2.45, 2.75) is 31.8 Å². The first kappa shape index (κ1) is 15.0. The van der Waals surface area contributed by atoms with Crippen LogP contribution < -0.4 is 0 Å². The van der Waals surface area contributed by atoms with Crippen LogP contribution in [0.5, 0.6) is 0 Å². The van der Waals surface area contributed by atoms with Crippen molar-refractivity contribution >= 4 is 5.91 Å². The molecule has 0 radical (unpaired) electrons. The normalized spacial score (nSPS) is 22.8. The van der Waals surface area contributed by atoms with E-state index in [1.165, 1.54) is 0 Å². The molecule has 0 aromatic carbocycles. The van der Waals surface area contributed by atoms with Crippen molar-refractivity contribution in [3.05, 3.63) is 17.5 Å². The predicted octanol–water partition coefficient (Wildman–Crippen LogP) is 0.766. The molecule has 1 N–H and O–H groups in total. The smallest absolute Gasteiger partial charge is 0.276 e. The first-order valence-electron chi connectivity index (χ1n) is 7.05. The van der Waals surface area contributed by atoms with Gasteiger partial charge in [-0.15, -0.1) is 0 Å². The number of β-amino-alcohol motifs (C(OH)–C–C–N with tert-alkyl or cyclic N) is 1. The molecule has 6 heteroatoms. The molecule has 1 atom stereocenters. The van der Waals surface area contributed by atoms with Gasteiger partial charge in [0.1, 0.15) is 5.76 Å². The average Bonchev–Trinajstić information content (AvgIpc) is 2.95. The highest BCUT2D eigenvalue weighted by molar-refractivity contribution is 5.92. The quantitative estimate of drug-likeness (QED) is 0.863. The number of nitrogens with zero attached hydrogens (tertiary/aromatic N) is 3.